The minimum Gasteiger partial charge on any atom is -0.313 e. The molecule has 1 aliphatic rings. The fourth-order valence-electron chi connectivity index (χ4n) is 0.495. The van der Waals surface area contributed by atoms with E-state index in [0.29, 0.717) is 6.67 Å². The van der Waals surface area contributed by atoms with Crippen molar-refractivity contribution in [3.63, 3.8) is 0 Å². The summed E-state index contributed by atoms with van der Waals surface area (Å²) in [5.41, 5.74) is 0. The minimum atomic E-state index is 0. The van der Waals surface area contributed by atoms with Gasteiger partial charge in [-0.2, -0.15) is 5.06 Å². The van der Waals surface area contributed by atoms with Crippen molar-refractivity contribution in [1.82, 2.24) is 10.4 Å². The van der Waals surface area contributed by atoms with Crippen molar-refractivity contribution in [3.05, 3.63) is 0 Å². The second-order valence-corrected chi connectivity index (χ2v) is 1.39. The first kappa shape index (κ1) is 7.17. The molecule has 1 fully saturated rings. The van der Waals surface area contributed by atoms with Crippen molar-refractivity contribution < 1.29 is 5.21 Å². The molecule has 3 nitrogen and oxygen atoms in total. The highest BCUT2D eigenvalue weighted by molar-refractivity contribution is 5.85. The molecule has 0 unspecified atom stereocenters. The summed E-state index contributed by atoms with van der Waals surface area (Å²) in [6.45, 7) is 2.30. The van der Waals surface area contributed by atoms with E-state index >= 15 is 0 Å². The van der Waals surface area contributed by atoms with Crippen molar-refractivity contribution >= 4 is 12.4 Å². The Balaban J connectivity index is 0.000000360. The summed E-state index contributed by atoms with van der Waals surface area (Å²) in [4.78, 5) is 0. The molecule has 1 aliphatic heterocycles. The van der Waals surface area contributed by atoms with Crippen molar-refractivity contribution in [1.29, 1.82) is 0 Å². The highest BCUT2D eigenvalue weighted by Gasteiger charge is 2.03. The summed E-state index contributed by atoms with van der Waals surface area (Å²) in [7, 11) is 0. The molecule has 0 bridgehead atoms. The third-order valence-corrected chi connectivity index (χ3v) is 0.841. The van der Waals surface area contributed by atoms with Gasteiger partial charge in [0.15, 0.2) is 0 Å². The molecule has 0 radical (unpaired) electrons. The average Bonchev–Trinajstić information content (AvgIpc) is 1.86. The Kier molecular flexibility index (Phi) is 3.29. The Hall–Kier alpha value is 0.170. The summed E-state index contributed by atoms with van der Waals surface area (Å²) < 4.78 is 0. The van der Waals surface area contributed by atoms with Crippen molar-refractivity contribution in [2.45, 2.75) is 0 Å². The molecule has 1 rings (SSSR count). The van der Waals surface area contributed by atoms with Crippen molar-refractivity contribution in [3.8, 4) is 0 Å². The van der Waals surface area contributed by atoms with Crippen LogP contribution in [0.25, 0.3) is 0 Å². The van der Waals surface area contributed by atoms with Crippen LogP contribution >= 0.6 is 12.4 Å². The maximum Gasteiger partial charge on any atom is 0.0730 e. The predicted octanol–water partition coefficient (Wildman–Crippen LogP) is -0.340. The van der Waals surface area contributed by atoms with Crippen LogP contribution in [-0.2, 0) is 0 Å². The molecule has 0 amide bonds. The van der Waals surface area contributed by atoms with Gasteiger partial charge in [-0.25, -0.2) is 0 Å². The van der Waals surface area contributed by atoms with E-state index in [9.17, 15) is 0 Å². The SMILES string of the molecule is Cl.ON1CCNC1. The number of hydroxylamine groups is 2. The topological polar surface area (TPSA) is 35.5 Å². The third kappa shape index (κ3) is 2.09. The van der Waals surface area contributed by atoms with Crippen LogP contribution < -0.4 is 5.32 Å². The molecular formula is C3H9ClN2O. The Morgan fingerprint density at radius 2 is 2.29 bits per heavy atom. The van der Waals surface area contributed by atoms with Crippen LogP contribution in [0.15, 0.2) is 0 Å². The van der Waals surface area contributed by atoms with Crippen LogP contribution in [0.1, 0.15) is 0 Å². The molecule has 0 aromatic heterocycles. The molecule has 2 N–H and O–H groups in total. The zero-order valence-electron chi connectivity index (χ0n) is 3.92. The number of nitrogens with one attached hydrogen (secondary N) is 1. The van der Waals surface area contributed by atoms with E-state index in [1.165, 1.54) is 5.06 Å². The first-order chi connectivity index (χ1) is 2.89. The summed E-state index contributed by atoms with van der Waals surface area (Å²) in [6, 6.07) is 0. The van der Waals surface area contributed by atoms with Crippen LogP contribution in [0.4, 0.5) is 0 Å². The lowest BCUT2D eigenvalue weighted by Crippen LogP contribution is -2.16. The van der Waals surface area contributed by atoms with Gasteiger partial charge in [0.05, 0.1) is 6.67 Å². The lowest BCUT2D eigenvalue weighted by molar-refractivity contribution is -0.0689. The zero-order chi connectivity index (χ0) is 4.41. The quantitative estimate of drug-likeness (QED) is 0.464. The van der Waals surface area contributed by atoms with Gasteiger partial charge in [0.1, 0.15) is 0 Å². The average molecular weight is 125 g/mol. The fourth-order valence-corrected chi connectivity index (χ4v) is 0.495. The number of hydrogen-bond acceptors (Lipinski definition) is 3. The number of rotatable bonds is 0. The van der Waals surface area contributed by atoms with E-state index in [2.05, 4.69) is 5.32 Å². The van der Waals surface area contributed by atoms with E-state index in [1.54, 1.807) is 0 Å². The maximum atomic E-state index is 8.50. The predicted molar refractivity (Wildman–Crippen MR) is 28.6 cm³/mol. The van der Waals surface area contributed by atoms with Gasteiger partial charge in [-0.1, -0.05) is 0 Å². The van der Waals surface area contributed by atoms with Crippen LogP contribution in [0.2, 0.25) is 0 Å². The summed E-state index contributed by atoms with van der Waals surface area (Å²) in [6.07, 6.45) is 0. The first-order valence-corrected chi connectivity index (χ1v) is 2.04. The highest BCUT2D eigenvalue weighted by Crippen LogP contribution is 1.81. The molecule has 0 spiro atoms. The lowest BCUT2D eigenvalue weighted by atomic mass is 10.7. The lowest BCUT2D eigenvalue weighted by Gasteiger charge is -1.97. The van der Waals surface area contributed by atoms with Crippen molar-refractivity contribution in [2.75, 3.05) is 19.8 Å². The van der Waals surface area contributed by atoms with Crippen LogP contribution in [0.5, 0.6) is 0 Å². The maximum absolute atomic E-state index is 8.50. The summed E-state index contributed by atoms with van der Waals surface area (Å²) in [5, 5.41) is 12.7. The second-order valence-electron chi connectivity index (χ2n) is 1.39. The first-order valence-electron chi connectivity index (χ1n) is 2.04. The second kappa shape index (κ2) is 3.21. The third-order valence-electron chi connectivity index (χ3n) is 0.841. The molecule has 0 saturated carbocycles. The smallest absolute Gasteiger partial charge is 0.0730 e. The van der Waals surface area contributed by atoms with Gasteiger partial charge < -0.3 is 10.5 Å². The molecule has 44 valence electrons. The standard InChI is InChI=1S/C3H8N2O.ClH/c6-5-2-1-4-3-5;/h4,6H,1-3H2;1H. The Bertz CT molecular complexity index is 46.2. The molecule has 7 heavy (non-hydrogen) atoms. The summed E-state index contributed by atoms with van der Waals surface area (Å²) >= 11 is 0. The monoisotopic (exact) mass is 124 g/mol. The number of halogens is 1. The molecule has 1 heterocycles. The van der Waals surface area contributed by atoms with E-state index in [-0.39, 0.29) is 12.4 Å². The highest BCUT2D eigenvalue weighted by atomic mass is 35.5. The van der Waals surface area contributed by atoms with Crippen molar-refractivity contribution in [2.24, 2.45) is 0 Å². The fraction of sp³-hybridized carbons (Fsp3) is 1.00. The van der Waals surface area contributed by atoms with Gasteiger partial charge >= 0.3 is 0 Å². The van der Waals surface area contributed by atoms with Gasteiger partial charge in [-0.05, 0) is 0 Å². The Morgan fingerprint density at radius 3 is 2.43 bits per heavy atom. The van der Waals surface area contributed by atoms with Crippen LogP contribution in [0, 0.1) is 0 Å². The van der Waals surface area contributed by atoms with E-state index in [4.69, 9.17) is 5.21 Å². The largest absolute Gasteiger partial charge is 0.313 e. The number of nitrogens with zero attached hydrogens (tertiary/aromatic N) is 1. The summed E-state index contributed by atoms with van der Waals surface area (Å²) in [5.74, 6) is 0. The molecule has 0 aromatic carbocycles. The van der Waals surface area contributed by atoms with E-state index in [1.807, 2.05) is 0 Å². The van der Waals surface area contributed by atoms with E-state index in [0.717, 1.165) is 13.1 Å². The van der Waals surface area contributed by atoms with Gasteiger partial charge in [-0.15, -0.1) is 12.4 Å². The molecule has 0 aliphatic carbocycles. The molecule has 4 heteroatoms. The molecular weight excluding hydrogens is 115 g/mol. The van der Waals surface area contributed by atoms with Gasteiger partial charge in [0, 0.05) is 13.1 Å². The molecule has 1 saturated heterocycles. The molecule has 0 aromatic rings. The Morgan fingerprint density at radius 1 is 1.57 bits per heavy atom. The minimum absolute atomic E-state index is 0. The normalized spacial score (nSPS) is 21.9. The van der Waals surface area contributed by atoms with Gasteiger partial charge in [0.25, 0.3) is 0 Å². The van der Waals surface area contributed by atoms with Gasteiger partial charge in [0.2, 0.25) is 0 Å². The van der Waals surface area contributed by atoms with Crippen LogP contribution in [-0.4, -0.2) is 30.0 Å². The van der Waals surface area contributed by atoms with Crippen LogP contribution in [0.3, 0.4) is 0 Å². The molecule has 0 atom stereocenters. The van der Waals surface area contributed by atoms with Gasteiger partial charge in [-0.3, -0.25) is 0 Å². The Labute approximate surface area is 48.7 Å². The zero-order valence-corrected chi connectivity index (χ0v) is 4.74. The number of hydrogen-bond donors (Lipinski definition) is 2. The van der Waals surface area contributed by atoms with E-state index < -0.39 is 0 Å².